The van der Waals surface area contributed by atoms with Crippen LogP contribution in [0.5, 0.6) is 0 Å². The normalized spacial score (nSPS) is 16.5. The molecule has 11 aromatic rings. The molecule has 3 nitrogen and oxygen atoms in total. The van der Waals surface area contributed by atoms with Gasteiger partial charge in [0, 0.05) is 78.0 Å². The van der Waals surface area contributed by atoms with Gasteiger partial charge in [-0.05, 0) is 166 Å². The van der Waals surface area contributed by atoms with Crippen molar-refractivity contribution < 1.29 is 0 Å². The third-order valence-electron chi connectivity index (χ3n) is 17.0. The highest BCUT2D eigenvalue weighted by atomic mass is 15.0. The van der Waals surface area contributed by atoms with Gasteiger partial charge >= 0.3 is 0 Å². The minimum Gasteiger partial charge on any atom is -0.341 e. The Balaban J connectivity index is 0.935. The highest BCUT2D eigenvalue weighted by molar-refractivity contribution is 6.16. The first-order valence-electron chi connectivity index (χ1n) is 25.4. The quantitative estimate of drug-likeness (QED) is 0.142. The second-order valence-corrected chi connectivity index (χ2v) is 21.2. The maximum absolute atomic E-state index is 4.26. The summed E-state index contributed by atoms with van der Waals surface area (Å²) in [6, 6.07) is 58.1. The van der Waals surface area contributed by atoms with Crippen molar-refractivity contribution in [2.45, 2.75) is 64.3 Å². The van der Waals surface area contributed by atoms with Crippen molar-refractivity contribution in [3.05, 3.63) is 229 Å². The van der Waals surface area contributed by atoms with Gasteiger partial charge in [-0.2, -0.15) is 0 Å². The van der Waals surface area contributed by atoms with Crippen LogP contribution in [0, 0.1) is 0 Å². The summed E-state index contributed by atoms with van der Waals surface area (Å²) in [6.07, 6.45) is 13.9. The van der Waals surface area contributed by atoms with Crippen LogP contribution in [-0.2, 0) is 17.4 Å². The fraction of sp³-hybridized carbons (Fsp3) is 0.147. The Labute approximate surface area is 415 Å². The van der Waals surface area contributed by atoms with E-state index in [2.05, 4.69) is 237 Å². The molecule has 0 amide bonds. The van der Waals surface area contributed by atoms with Gasteiger partial charge in [0.2, 0.25) is 0 Å². The van der Waals surface area contributed by atoms with Crippen molar-refractivity contribution in [1.29, 1.82) is 0 Å². The summed E-state index contributed by atoms with van der Waals surface area (Å²) >= 11 is 0. The predicted octanol–water partition coefficient (Wildman–Crippen LogP) is 18.1. The molecule has 0 aliphatic heterocycles. The lowest BCUT2D eigenvalue weighted by molar-refractivity contribution is 0.612. The first-order valence-corrected chi connectivity index (χ1v) is 25.4. The molecular weight excluding hydrogens is 859 g/mol. The molecule has 0 spiro atoms. The monoisotopic (exact) mass is 913 g/mol. The Morgan fingerprint density at radius 2 is 1.13 bits per heavy atom. The number of hydrogen-bond donors (Lipinski definition) is 0. The first-order chi connectivity index (χ1) is 34.6. The topological polar surface area (TPSA) is 14.8 Å². The number of fused-ring (bicyclic) bond motifs is 15. The molecule has 3 aliphatic carbocycles. The highest BCUT2D eigenvalue weighted by Gasteiger charge is 2.42. The van der Waals surface area contributed by atoms with Crippen molar-refractivity contribution >= 4 is 71.1 Å². The summed E-state index contributed by atoms with van der Waals surface area (Å²) in [7, 11) is 0. The van der Waals surface area contributed by atoms with Gasteiger partial charge in [0.25, 0.3) is 0 Å². The Hall–Kier alpha value is -8.14. The maximum atomic E-state index is 4.26. The summed E-state index contributed by atoms with van der Waals surface area (Å²) < 4.78 is 7.32. The van der Waals surface area contributed by atoms with Crippen LogP contribution in [0.15, 0.2) is 207 Å². The molecule has 0 saturated carbocycles. The van der Waals surface area contributed by atoms with Crippen LogP contribution in [0.3, 0.4) is 0 Å². The van der Waals surface area contributed by atoms with Crippen LogP contribution in [0.2, 0.25) is 0 Å². The van der Waals surface area contributed by atoms with E-state index in [1.807, 2.05) is 12.2 Å². The maximum Gasteiger partial charge on any atom is 0.0544 e. The minimum absolute atomic E-state index is 0.0221. The predicted molar refractivity (Wildman–Crippen MR) is 303 cm³/mol. The van der Waals surface area contributed by atoms with Gasteiger partial charge in [0.15, 0.2) is 0 Å². The van der Waals surface area contributed by atoms with E-state index in [1.54, 1.807) is 0 Å². The van der Waals surface area contributed by atoms with Gasteiger partial charge in [0.1, 0.15) is 0 Å². The lowest BCUT2D eigenvalue weighted by atomic mass is 9.79. The van der Waals surface area contributed by atoms with Crippen LogP contribution < -0.4 is 0 Å². The zero-order valence-corrected chi connectivity index (χ0v) is 41.1. The summed E-state index contributed by atoms with van der Waals surface area (Å²) in [6.45, 7) is 21.0. The average molecular weight is 914 g/mol. The first kappa shape index (κ1) is 41.8. The number of aromatic nitrogens is 3. The third kappa shape index (κ3) is 5.72. The number of para-hydroxylation sites is 1. The highest BCUT2D eigenvalue weighted by Crippen LogP contribution is 2.55. The van der Waals surface area contributed by atoms with E-state index < -0.39 is 0 Å². The van der Waals surface area contributed by atoms with Crippen molar-refractivity contribution in [3.63, 3.8) is 0 Å². The van der Waals surface area contributed by atoms with Crippen LogP contribution in [0.4, 0.5) is 0 Å². The second-order valence-electron chi connectivity index (χ2n) is 21.2. The number of aryl methyl sites for hydroxylation is 1. The molecule has 342 valence electrons. The van der Waals surface area contributed by atoms with E-state index in [0.29, 0.717) is 5.92 Å². The fourth-order valence-corrected chi connectivity index (χ4v) is 13.5. The van der Waals surface area contributed by atoms with E-state index in [4.69, 9.17) is 0 Å². The van der Waals surface area contributed by atoms with E-state index in [1.165, 1.54) is 127 Å². The molecule has 1 atom stereocenters. The van der Waals surface area contributed by atoms with Gasteiger partial charge < -0.3 is 13.7 Å². The molecule has 3 heterocycles. The molecule has 3 aliphatic rings. The molecule has 71 heavy (non-hydrogen) atoms. The molecule has 14 rings (SSSR count). The molecule has 0 fully saturated rings. The van der Waals surface area contributed by atoms with Crippen molar-refractivity contribution in [2.75, 3.05) is 0 Å². The zero-order valence-electron chi connectivity index (χ0n) is 41.1. The Morgan fingerprint density at radius 1 is 0.549 bits per heavy atom. The Bertz CT molecular complexity index is 4260. The smallest absolute Gasteiger partial charge is 0.0544 e. The molecule has 0 saturated heterocycles. The zero-order chi connectivity index (χ0) is 48.1. The summed E-state index contributed by atoms with van der Waals surface area (Å²) in [4.78, 5) is 0. The van der Waals surface area contributed by atoms with Crippen LogP contribution in [0.1, 0.15) is 69.2 Å². The molecule has 8 aromatic carbocycles. The number of allylic oxidation sites excluding steroid dienone is 8. The SMILES string of the molecule is C=C/C=C(\C=C)n1c2ccc(-c3ccc4c(c3)c3cc(-c5ccc6c(c5)c5cc7c(cc5n6-c5ccccc5)C(C)(C)C5=CC=CCC57)ccc3n4CC)cc2c2cc3c(cc21)C(C)(C)c1ccccc1-3. The summed E-state index contributed by atoms with van der Waals surface area (Å²) in [5.41, 5.74) is 24.1. The fourth-order valence-electron chi connectivity index (χ4n) is 13.5. The number of benzene rings is 8. The number of nitrogens with zero attached hydrogens (tertiary/aromatic N) is 3. The Morgan fingerprint density at radius 3 is 1.79 bits per heavy atom. The Kier molecular flexibility index (Phi) is 8.79. The largest absolute Gasteiger partial charge is 0.341 e. The van der Waals surface area contributed by atoms with E-state index in [0.717, 1.165) is 24.2 Å². The van der Waals surface area contributed by atoms with Crippen LogP contribution in [0.25, 0.3) is 110 Å². The molecule has 3 aromatic heterocycles. The number of hydrogen-bond acceptors (Lipinski definition) is 0. The van der Waals surface area contributed by atoms with Gasteiger partial charge in [-0.3, -0.25) is 0 Å². The molecule has 0 radical (unpaired) electrons. The number of rotatable bonds is 7. The van der Waals surface area contributed by atoms with E-state index >= 15 is 0 Å². The van der Waals surface area contributed by atoms with Gasteiger partial charge in [-0.15, -0.1) is 0 Å². The molecule has 1 unspecified atom stereocenters. The molecule has 0 N–H and O–H groups in total. The lowest BCUT2D eigenvalue weighted by Gasteiger charge is -2.25. The summed E-state index contributed by atoms with van der Waals surface area (Å²) in [5, 5.41) is 7.62. The van der Waals surface area contributed by atoms with Gasteiger partial charge in [-0.25, -0.2) is 0 Å². The minimum atomic E-state index is -0.113. The molecule has 0 bridgehead atoms. The van der Waals surface area contributed by atoms with E-state index in [-0.39, 0.29) is 10.8 Å². The van der Waals surface area contributed by atoms with Crippen LogP contribution in [-0.4, -0.2) is 13.7 Å². The summed E-state index contributed by atoms with van der Waals surface area (Å²) in [5.74, 6) is 0.425. The van der Waals surface area contributed by atoms with Crippen LogP contribution >= 0.6 is 0 Å². The lowest BCUT2D eigenvalue weighted by Crippen LogP contribution is -2.17. The van der Waals surface area contributed by atoms with Crippen molar-refractivity contribution in [1.82, 2.24) is 13.7 Å². The third-order valence-corrected chi connectivity index (χ3v) is 17.0. The average Bonchev–Trinajstić information content (AvgIpc) is 4.13. The van der Waals surface area contributed by atoms with E-state index in [9.17, 15) is 0 Å². The molecule has 3 heteroatoms. The second kappa shape index (κ2) is 14.9. The van der Waals surface area contributed by atoms with Gasteiger partial charge in [-0.1, -0.05) is 137 Å². The van der Waals surface area contributed by atoms with Gasteiger partial charge in [0.05, 0.1) is 22.1 Å². The standard InChI is InChI=1S/C68H55N3/c1-8-18-45(9-2)70-63-31-27-43(35-53(63)55-37-49-47-21-14-16-23-57(47)67(4,5)59(49)39-65(55)70)41-25-29-61-51(33-41)52-34-42(26-30-62(52)69(61)10-3)44-28-32-64-54(36-44)56-38-50-48-22-15-17-24-58(48)68(6,7)60(50)40-66(56)71(64)46-19-12-11-13-20-46/h8-9,11-21,23-40,48H,1-2,10,22H2,3-7H3/b45-18+. The van der Waals surface area contributed by atoms with Crippen molar-refractivity contribution in [3.8, 4) is 39.1 Å². The van der Waals surface area contributed by atoms with Crippen molar-refractivity contribution in [2.24, 2.45) is 0 Å². The molecular formula is C68H55N3.